The van der Waals surface area contributed by atoms with Crippen LogP contribution in [0.25, 0.3) is 0 Å². The molecule has 0 radical (unpaired) electrons. The van der Waals surface area contributed by atoms with Crippen molar-refractivity contribution >= 4 is 0 Å². The summed E-state index contributed by atoms with van der Waals surface area (Å²) in [6.45, 7) is 12.1. The van der Waals surface area contributed by atoms with E-state index in [4.69, 9.17) is 5.11 Å². The molecule has 0 spiro atoms. The average molecular weight is 267 g/mol. The van der Waals surface area contributed by atoms with E-state index in [2.05, 4.69) is 43.9 Å². The monoisotopic (exact) mass is 267 g/mol. The normalized spacial score (nSPS) is 12.4. The number of aliphatic hydroxyl groups is 1. The van der Waals surface area contributed by atoms with Crippen molar-refractivity contribution in [3.05, 3.63) is 17.5 Å². The summed E-state index contributed by atoms with van der Waals surface area (Å²) in [6, 6.07) is 0. The van der Waals surface area contributed by atoms with E-state index in [1.807, 2.05) is 11.7 Å². The molecular formula is C15H29N3O. The van der Waals surface area contributed by atoms with Gasteiger partial charge in [0.2, 0.25) is 0 Å². The molecule has 19 heavy (non-hydrogen) atoms. The van der Waals surface area contributed by atoms with Gasteiger partial charge in [-0.05, 0) is 18.3 Å². The fourth-order valence-corrected chi connectivity index (χ4v) is 2.43. The standard InChI is InChI=1S/C15H29N3O/c1-6-14-13(10-17(5)16-14)11-18(8-7-9-19)12-15(2,3)4/h10,19H,6-9,11-12H2,1-5H3. The van der Waals surface area contributed by atoms with Crippen LogP contribution in [-0.4, -0.2) is 39.5 Å². The predicted molar refractivity (Wildman–Crippen MR) is 79.0 cm³/mol. The molecule has 4 nitrogen and oxygen atoms in total. The van der Waals surface area contributed by atoms with Gasteiger partial charge in [-0.25, -0.2) is 0 Å². The number of hydrogen-bond acceptors (Lipinski definition) is 3. The Morgan fingerprint density at radius 3 is 2.58 bits per heavy atom. The highest BCUT2D eigenvalue weighted by Crippen LogP contribution is 2.18. The van der Waals surface area contributed by atoms with Crippen LogP contribution in [0.1, 0.15) is 45.4 Å². The zero-order valence-electron chi connectivity index (χ0n) is 13.1. The zero-order valence-corrected chi connectivity index (χ0v) is 13.1. The Labute approximate surface area is 117 Å². The van der Waals surface area contributed by atoms with Crippen LogP contribution in [0.15, 0.2) is 6.20 Å². The Morgan fingerprint density at radius 2 is 2.05 bits per heavy atom. The molecular weight excluding hydrogens is 238 g/mol. The van der Waals surface area contributed by atoms with Gasteiger partial charge in [-0.15, -0.1) is 0 Å². The first-order chi connectivity index (χ1) is 8.85. The molecule has 1 N–H and O–H groups in total. The molecule has 1 rings (SSSR count). The Kier molecular flexibility index (Phi) is 6.01. The summed E-state index contributed by atoms with van der Waals surface area (Å²) in [4.78, 5) is 2.42. The summed E-state index contributed by atoms with van der Waals surface area (Å²) in [7, 11) is 1.98. The first-order valence-electron chi connectivity index (χ1n) is 7.20. The van der Waals surface area contributed by atoms with E-state index in [-0.39, 0.29) is 12.0 Å². The van der Waals surface area contributed by atoms with Gasteiger partial charge in [0, 0.05) is 45.0 Å². The van der Waals surface area contributed by atoms with Crippen molar-refractivity contribution in [2.75, 3.05) is 19.7 Å². The number of hydrogen-bond donors (Lipinski definition) is 1. The molecule has 0 aliphatic rings. The lowest BCUT2D eigenvalue weighted by atomic mass is 9.95. The lowest BCUT2D eigenvalue weighted by molar-refractivity contribution is 0.165. The Balaban J connectivity index is 2.74. The molecule has 0 saturated carbocycles. The lowest BCUT2D eigenvalue weighted by Crippen LogP contribution is -2.33. The second-order valence-corrected chi connectivity index (χ2v) is 6.48. The molecule has 110 valence electrons. The van der Waals surface area contributed by atoms with Crippen LogP contribution >= 0.6 is 0 Å². The molecule has 0 unspecified atom stereocenters. The molecule has 0 saturated heterocycles. The second kappa shape index (κ2) is 7.06. The molecule has 4 heteroatoms. The summed E-state index contributed by atoms with van der Waals surface area (Å²) in [6.07, 6.45) is 3.92. The van der Waals surface area contributed by atoms with Crippen LogP contribution in [0.5, 0.6) is 0 Å². The van der Waals surface area contributed by atoms with Gasteiger partial charge in [-0.3, -0.25) is 9.58 Å². The average Bonchev–Trinajstić information content (AvgIpc) is 2.64. The smallest absolute Gasteiger partial charge is 0.0666 e. The number of aryl methyl sites for hydroxylation is 2. The number of aliphatic hydroxyl groups excluding tert-OH is 1. The van der Waals surface area contributed by atoms with E-state index in [1.54, 1.807) is 0 Å². The van der Waals surface area contributed by atoms with Crippen molar-refractivity contribution in [1.82, 2.24) is 14.7 Å². The fourth-order valence-electron chi connectivity index (χ4n) is 2.43. The summed E-state index contributed by atoms with van der Waals surface area (Å²) in [5.74, 6) is 0. The van der Waals surface area contributed by atoms with Crippen molar-refractivity contribution in [3.8, 4) is 0 Å². The van der Waals surface area contributed by atoms with Crippen molar-refractivity contribution in [2.45, 2.75) is 47.1 Å². The summed E-state index contributed by atoms with van der Waals surface area (Å²) in [5.41, 5.74) is 2.77. The molecule has 0 atom stereocenters. The Hall–Kier alpha value is -0.870. The van der Waals surface area contributed by atoms with Crippen molar-refractivity contribution in [3.63, 3.8) is 0 Å². The summed E-state index contributed by atoms with van der Waals surface area (Å²) >= 11 is 0. The van der Waals surface area contributed by atoms with E-state index in [0.29, 0.717) is 0 Å². The van der Waals surface area contributed by atoms with E-state index in [0.717, 1.165) is 32.5 Å². The maximum Gasteiger partial charge on any atom is 0.0666 e. The van der Waals surface area contributed by atoms with Gasteiger partial charge >= 0.3 is 0 Å². The minimum Gasteiger partial charge on any atom is -0.396 e. The lowest BCUT2D eigenvalue weighted by Gasteiger charge is -2.29. The van der Waals surface area contributed by atoms with Gasteiger partial charge in [0.15, 0.2) is 0 Å². The van der Waals surface area contributed by atoms with Crippen LogP contribution < -0.4 is 0 Å². The first kappa shape index (κ1) is 16.2. The van der Waals surface area contributed by atoms with Crippen LogP contribution in [0, 0.1) is 5.41 Å². The van der Waals surface area contributed by atoms with E-state index < -0.39 is 0 Å². The van der Waals surface area contributed by atoms with Gasteiger partial charge in [0.25, 0.3) is 0 Å². The minimum atomic E-state index is 0.258. The third kappa shape index (κ3) is 5.74. The first-order valence-corrected chi connectivity index (χ1v) is 7.20. The second-order valence-electron chi connectivity index (χ2n) is 6.48. The van der Waals surface area contributed by atoms with Crippen molar-refractivity contribution in [1.29, 1.82) is 0 Å². The molecule has 0 aliphatic carbocycles. The number of aromatic nitrogens is 2. The highest BCUT2D eigenvalue weighted by molar-refractivity contribution is 5.16. The van der Waals surface area contributed by atoms with Crippen LogP contribution in [0.3, 0.4) is 0 Å². The SMILES string of the molecule is CCc1nn(C)cc1CN(CCCO)CC(C)(C)C. The van der Waals surface area contributed by atoms with Gasteiger partial charge < -0.3 is 5.11 Å². The summed E-state index contributed by atoms with van der Waals surface area (Å²) < 4.78 is 1.90. The van der Waals surface area contributed by atoms with E-state index in [1.165, 1.54) is 11.3 Å². The van der Waals surface area contributed by atoms with Gasteiger partial charge in [-0.1, -0.05) is 27.7 Å². The third-order valence-electron chi connectivity index (χ3n) is 3.05. The van der Waals surface area contributed by atoms with Crippen molar-refractivity contribution < 1.29 is 5.11 Å². The zero-order chi connectivity index (χ0) is 14.5. The molecule has 0 fully saturated rings. The van der Waals surface area contributed by atoms with Gasteiger partial charge in [-0.2, -0.15) is 5.10 Å². The van der Waals surface area contributed by atoms with E-state index in [9.17, 15) is 0 Å². The number of rotatable bonds is 7. The molecule has 1 heterocycles. The summed E-state index contributed by atoms with van der Waals surface area (Å²) in [5, 5.41) is 13.5. The van der Waals surface area contributed by atoms with Crippen LogP contribution in [0.4, 0.5) is 0 Å². The topological polar surface area (TPSA) is 41.3 Å². The molecule has 0 aliphatic heterocycles. The molecule has 1 aromatic rings. The van der Waals surface area contributed by atoms with Gasteiger partial charge in [0.1, 0.15) is 0 Å². The fraction of sp³-hybridized carbons (Fsp3) is 0.800. The van der Waals surface area contributed by atoms with Crippen LogP contribution in [-0.2, 0) is 20.0 Å². The molecule has 0 aromatic carbocycles. The predicted octanol–water partition coefficient (Wildman–Crippen LogP) is 2.21. The van der Waals surface area contributed by atoms with E-state index >= 15 is 0 Å². The molecule has 1 aromatic heterocycles. The Bertz CT molecular complexity index is 379. The maximum absolute atomic E-state index is 9.04. The highest BCUT2D eigenvalue weighted by Gasteiger charge is 2.18. The molecule has 0 amide bonds. The Morgan fingerprint density at radius 1 is 1.37 bits per heavy atom. The van der Waals surface area contributed by atoms with Crippen LogP contribution in [0.2, 0.25) is 0 Å². The van der Waals surface area contributed by atoms with Gasteiger partial charge in [0.05, 0.1) is 5.69 Å². The third-order valence-corrected chi connectivity index (χ3v) is 3.05. The minimum absolute atomic E-state index is 0.258. The maximum atomic E-state index is 9.04. The highest BCUT2D eigenvalue weighted by atomic mass is 16.3. The van der Waals surface area contributed by atoms with Crippen molar-refractivity contribution in [2.24, 2.45) is 12.5 Å². The largest absolute Gasteiger partial charge is 0.396 e. The number of nitrogens with zero attached hydrogens (tertiary/aromatic N) is 3. The quantitative estimate of drug-likeness (QED) is 0.823. The molecule has 0 bridgehead atoms.